The SMILES string of the molecule is N#Cc1ccccc1NC1CCCC(C(=O)O)C1. The van der Waals surface area contributed by atoms with Crippen molar-refractivity contribution in [2.45, 2.75) is 31.7 Å². The Labute approximate surface area is 106 Å². The van der Waals surface area contributed by atoms with E-state index >= 15 is 0 Å². The zero-order chi connectivity index (χ0) is 13.0. The van der Waals surface area contributed by atoms with Crippen molar-refractivity contribution in [2.24, 2.45) is 5.92 Å². The number of nitrogens with one attached hydrogen (secondary N) is 1. The highest BCUT2D eigenvalue weighted by atomic mass is 16.4. The van der Waals surface area contributed by atoms with Gasteiger partial charge >= 0.3 is 5.97 Å². The molecule has 1 aliphatic carbocycles. The number of hydrogen-bond donors (Lipinski definition) is 2. The number of para-hydroxylation sites is 1. The fraction of sp³-hybridized carbons (Fsp3) is 0.429. The van der Waals surface area contributed by atoms with E-state index in [1.807, 2.05) is 18.2 Å². The Morgan fingerprint density at radius 2 is 2.17 bits per heavy atom. The van der Waals surface area contributed by atoms with Crippen LogP contribution in [0.5, 0.6) is 0 Å². The predicted molar refractivity (Wildman–Crippen MR) is 68.2 cm³/mol. The van der Waals surface area contributed by atoms with Gasteiger partial charge in [0.15, 0.2) is 0 Å². The zero-order valence-corrected chi connectivity index (χ0v) is 10.1. The van der Waals surface area contributed by atoms with Gasteiger partial charge in [-0.3, -0.25) is 4.79 Å². The van der Waals surface area contributed by atoms with E-state index in [2.05, 4.69) is 11.4 Å². The summed E-state index contributed by atoms with van der Waals surface area (Å²) < 4.78 is 0. The molecule has 4 nitrogen and oxygen atoms in total. The number of hydrogen-bond acceptors (Lipinski definition) is 3. The van der Waals surface area contributed by atoms with E-state index in [9.17, 15) is 4.79 Å². The fourth-order valence-corrected chi connectivity index (χ4v) is 2.47. The highest BCUT2D eigenvalue weighted by Gasteiger charge is 2.27. The summed E-state index contributed by atoms with van der Waals surface area (Å²) in [5.74, 6) is -0.972. The summed E-state index contributed by atoms with van der Waals surface area (Å²) in [6.07, 6.45) is 3.27. The lowest BCUT2D eigenvalue weighted by atomic mass is 9.85. The molecular formula is C14H16N2O2. The molecule has 1 aliphatic rings. The number of anilines is 1. The van der Waals surface area contributed by atoms with Crippen LogP contribution in [-0.4, -0.2) is 17.1 Å². The van der Waals surface area contributed by atoms with Crippen molar-refractivity contribution in [3.05, 3.63) is 29.8 Å². The van der Waals surface area contributed by atoms with Gasteiger partial charge < -0.3 is 10.4 Å². The van der Waals surface area contributed by atoms with Crippen molar-refractivity contribution in [3.63, 3.8) is 0 Å². The molecule has 0 radical (unpaired) electrons. The monoisotopic (exact) mass is 244 g/mol. The molecule has 0 spiro atoms. The molecule has 4 heteroatoms. The molecule has 1 saturated carbocycles. The van der Waals surface area contributed by atoms with Crippen LogP contribution in [0.3, 0.4) is 0 Å². The highest BCUT2D eigenvalue weighted by Crippen LogP contribution is 2.27. The van der Waals surface area contributed by atoms with Crippen molar-refractivity contribution in [3.8, 4) is 6.07 Å². The quantitative estimate of drug-likeness (QED) is 0.857. The topological polar surface area (TPSA) is 73.1 Å². The summed E-state index contributed by atoms with van der Waals surface area (Å²) in [7, 11) is 0. The van der Waals surface area contributed by atoms with Crippen molar-refractivity contribution in [1.29, 1.82) is 5.26 Å². The molecule has 0 aromatic heterocycles. The molecule has 1 aromatic carbocycles. The van der Waals surface area contributed by atoms with Gasteiger partial charge in [-0.05, 0) is 31.4 Å². The lowest BCUT2D eigenvalue weighted by molar-refractivity contribution is -0.142. The second kappa shape index (κ2) is 5.54. The van der Waals surface area contributed by atoms with Gasteiger partial charge in [0.25, 0.3) is 0 Å². The largest absolute Gasteiger partial charge is 0.481 e. The van der Waals surface area contributed by atoms with Crippen LogP contribution < -0.4 is 5.32 Å². The van der Waals surface area contributed by atoms with Crippen molar-refractivity contribution < 1.29 is 9.90 Å². The molecule has 0 amide bonds. The third kappa shape index (κ3) is 2.80. The van der Waals surface area contributed by atoms with Gasteiger partial charge in [0.1, 0.15) is 6.07 Å². The third-order valence-corrected chi connectivity index (χ3v) is 3.43. The third-order valence-electron chi connectivity index (χ3n) is 3.43. The van der Waals surface area contributed by atoms with Crippen LogP contribution in [0.25, 0.3) is 0 Å². The Balaban J connectivity index is 2.05. The Bertz CT molecular complexity index is 479. The van der Waals surface area contributed by atoms with Gasteiger partial charge in [-0.2, -0.15) is 5.26 Å². The van der Waals surface area contributed by atoms with E-state index in [1.165, 1.54) is 0 Å². The summed E-state index contributed by atoms with van der Waals surface area (Å²) in [6, 6.07) is 9.62. The normalized spacial score (nSPS) is 23.1. The van der Waals surface area contributed by atoms with Gasteiger partial charge in [-0.25, -0.2) is 0 Å². The van der Waals surface area contributed by atoms with E-state index in [-0.39, 0.29) is 12.0 Å². The molecule has 0 aliphatic heterocycles. The molecular weight excluding hydrogens is 228 g/mol. The second-order valence-corrected chi connectivity index (χ2v) is 4.70. The Hall–Kier alpha value is -2.02. The number of rotatable bonds is 3. The maximum Gasteiger partial charge on any atom is 0.306 e. The highest BCUT2D eigenvalue weighted by molar-refractivity contribution is 5.70. The van der Waals surface area contributed by atoms with E-state index < -0.39 is 5.97 Å². The van der Waals surface area contributed by atoms with Gasteiger partial charge in [-0.1, -0.05) is 18.6 Å². The average Bonchev–Trinajstić information content (AvgIpc) is 2.39. The smallest absolute Gasteiger partial charge is 0.306 e. The average molecular weight is 244 g/mol. The van der Waals surface area contributed by atoms with Crippen LogP contribution in [0.4, 0.5) is 5.69 Å². The van der Waals surface area contributed by atoms with Crippen molar-refractivity contribution in [2.75, 3.05) is 5.32 Å². The molecule has 2 unspecified atom stereocenters. The summed E-state index contributed by atoms with van der Waals surface area (Å²) >= 11 is 0. The Morgan fingerprint density at radius 1 is 1.39 bits per heavy atom. The van der Waals surface area contributed by atoms with Crippen LogP contribution in [-0.2, 0) is 4.79 Å². The molecule has 1 aromatic rings. The number of carboxylic acids is 1. The summed E-state index contributed by atoms with van der Waals surface area (Å²) in [5, 5.41) is 21.3. The molecule has 0 bridgehead atoms. The number of nitriles is 1. The van der Waals surface area contributed by atoms with Crippen molar-refractivity contribution in [1.82, 2.24) is 0 Å². The molecule has 2 atom stereocenters. The molecule has 0 heterocycles. The molecule has 94 valence electrons. The van der Waals surface area contributed by atoms with E-state index in [1.54, 1.807) is 6.07 Å². The minimum Gasteiger partial charge on any atom is -0.481 e. The molecule has 1 fully saturated rings. The maximum atomic E-state index is 11.0. The first-order valence-corrected chi connectivity index (χ1v) is 6.19. The number of carbonyl (C=O) groups is 1. The molecule has 0 saturated heterocycles. The van der Waals surface area contributed by atoms with Crippen molar-refractivity contribution >= 4 is 11.7 Å². The Kier molecular flexibility index (Phi) is 3.83. The first-order valence-electron chi connectivity index (χ1n) is 6.19. The Morgan fingerprint density at radius 3 is 2.89 bits per heavy atom. The molecule has 2 N–H and O–H groups in total. The predicted octanol–water partition coefficient (Wildman–Crippen LogP) is 2.61. The minimum absolute atomic E-state index is 0.148. The lowest BCUT2D eigenvalue weighted by Gasteiger charge is -2.28. The van der Waals surface area contributed by atoms with Crippen LogP contribution in [0, 0.1) is 17.2 Å². The van der Waals surface area contributed by atoms with Gasteiger partial charge in [0.2, 0.25) is 0 Å². The first kappa shape index (κ1) is 12.4. The zero-order valence-electron chi connectivity index (χ0n) is 10.1. The maximum absolute atomic E-state index is 11.0. The first-order chi connectivity index (χ1) is 8.70. The summed E-state index contributed by atoms with van der Waals surface area (Å²) in [6.45, 7) is 0. The van der Waals surface area contributed by atoms with Crippen LogP contribution in [0.2, 0.25) is 0 Å². The minimum atomic E-state index is -0.713. The van der Waals surface area contributed by atoms with E-state index in [4.69, 9.17) is 10.4 Å². The number of nitrogens with zero attached hydrogens (tertiary/aromatic N) is 1. The number of benzene rings is 1. The van der Waals surface area contributed by atoms with Crippen LogP contribution in [0.1, 0.15) is 31.2 Å². The van der Waals surface area contributed by atoms with Crippen LogP contribution >= 0.6 is 0 Å². The molecule has 18 heavy (non-hydrogen) atoms. The van der Waals surface area contributed by atoms with Gasteiger partial charge in [0.05, 0.1) is 17.2 Å². The van der Waals surface area contributed by atoms with E-state index in [0.29, 0.717) is 12.0 Å². The standard InChI is InChI=1S/C14H16N2O2/c15-9-11-4-1-2-7-13(11)16-12-6-3-5-10(8-12)14(17)18/h1-2,4,7,10,12,16H,3,5-6,8H2,(H,17,18). The molecule has 2 rings (SSSR count). The lowest BCUT2D eigenvalue weighted by Crippen LogP contribution is -2.31. The fourth-order valence-electron chi connectivity index (χ4n) is 2.47. The van der Waals surface area contributed by atoms with Gasteiger partial charge in [0, 0.05) is 6.04 Å². The second-order valence-electron chi connectivity index (χ2n) is 4.70. The van der Waals surface area contributed by atoms with Gasteiger partial charge in [-0.15, -0.1) is 0 Å². The summed E-state index contributed by atoms with van der Waals surface area (Å²) in [5.41, 5.74) is 1.41. The van der Waals surface area contributed by atoms with Crippen LogP contribution in [0.15, 0.2) is 24.3 Å². The van der Waals surface area contributed by atoms with E-state index in [0.717, 1.165) is 24.9 Å². The number of carboxylic acid groups (broad SMARTS) is 1. The summed E-state index contributed by atoms with van der Waals surface area (Å²) in [4.78, 5) is 11.0. The number of aliphatic carboxylic acids is 1.